The van der Waals surface area contributed by atoms with E-state index in [1.165, 1.54) is 0 Å². The third-order valence-corrected chi connectivity index (χ3v) is 5.32. The van der Waals surface area contributed by atoms with Gasteiger partial charge < -0.3 is 25.0 Å². The van der Waals surface area contributed by atoms with Crippen molar-refractivity contribution in [1.29, 1.82) is 0 Å². The number of carbonyl (C=O) groups is 1. The van der Waals surface area contributed by atoms with Crippen molar-refractivity contribution in [3.8, 4) is 0 Å². The van der Waals surface area contributed by atoms with Gasteiger partial charge in [0.2, 0.25) is 5.60 Å². The Kier molecular flexibility index (Phi) is 5.09. The number of nitrogens with two attached hydrogens (primary N) is 1. The zero-order valence-corrected chi connectivity index (χ0v) is 16.9. The molecule has 1 unspecified atom stereocenters. The molecular formula is C15H16AlF3N6O3. The molecule has 0 spiro atoms. The molecule has 0 aromatic carbocycles. The minimum atomic E-state index is -4.95. The van der Waals surface area contributed by atoms with Gasteiger partial charge in [0, 0.05) is 12.7 Å². The SMILES string of the molecule is CCC(O)(c1nnc(NCc2ccn3[c]([AlH2])c(C(N)=O)nc3c2)o1)C(F)(F)F. The number of nitrogens with zero attached hydrogens (tertiary/aromatic N) is 4. The summed E-state index contributed by atoms with van der Waals surface area (Å²) in [5.41, 5.74) is 3.52. The van der Waals surface area contributed by atoms with Crippen LogP contribution in [0.4, 0.5) is 19.2 Å². The molecule has 13 heteroatoms. The lowest BCUT2D eigenvalue weighted by molar-refractivity contribution is -0.275. The smallest absolute Gasteiger partial charge is 0.405 e. The maximum absolute atomic E-state index is 13.1. The highest BCUT2D eigenvalue weighted by Crippen LogP contribution is 2.41. The highest BCUT2D eigenvalue weighted by Gasteiger charge is 2.57. The summed E-state index contributed by atoms with van der Waals surface area (Å²) >= 11 is 0.569. The zero-order valence-electron chi connectivity index (χ0n) is 14.9. The topological polar surface area (TPSA) is 132 Å². The van der Waals surface area contributed by atoms with Gasteiger partial charge in [0.05, 0.1) is 0 Å². The Morgan fingerprint density at radius 1 is 1.43 bits per heavy atom. The van der Waals surface area contributed by atoms with Gasteiger partial charge in [0.15, 0.2) is 0 Å². The van der Waals surface area contributed by atoms with Gasteiger partial charge in [-0.3, -0.25) is 4.79 Å². The molecule has 3 heterocycles. The van der Waals surface area contributed by atoms with Crippen molar-refractivity contribution in [1.82, 2.24) is 19.6 Å². The summed E-state index contributed by atoms with van der Waals surface area (Å²) in [6.07, 6.45) is -3.90. The van der Waals surface area contributed by atoms with Crippen LogP contribution >= 0.6 is 0 Å². The number of amides is 1. The molecule has 0 aliphatic carbocycles. The molecular weight excluding hydrogens is 396 g/mol. The lowest BCUT2D eigenvalue weighted by Crippen LogP contribution is -2.42. The first-order valence-electron chi connectivity index (χ1n) is 8.21. The summed E-state index contributed by atoms with van der Waals surface area (Å²) in [6, 6.07) is 3.16. The third kappa shape index (κ3) is 3.44. The minimum Gasteiger partial charge on any atom is -0.405 e. The second-order valence-corrected chi connectivity index (χ2v) is 7.10. The monoisotopic (exact) mass is 412 g/mol. The highest BCUT2D eigenvalue weighted by atomic mass is 27.0. The molecule has 3 rings (SSSR count). The predicted octanol–water partition coefficient (Wildman–Crippen LogP) is -0.153. The lowest BCUT2D eigenvalue weighted by Gasteiger charge is -2.25. The lowest BCUT2D eigenvalue weighted by atomic mass is 10.0. The fourth-order valence-corrected chi connectivity index (χ4v) is 3.40. The number of fused-ring (bicyclic) bond motifs is 1. The number of alkyl halides is 3. The van der Waals surface area contributed by atoms with Gasteiger partial charge in [-0.1, -0.05) is 12.0 Å². The standard InChI is InChI=1S/C15H14F3N6O3.Al.2H/c1-2-14(26,15(16,17)18)12-22-23-13(27-12)20-6-8-3-4-24-7-9(11(19)25)21-10(24)5-8;;;/h3-5,26H,2,6H2,1H3,(H2,19,25)(H,20,23);;;. The van der Waals surface area contributed by atoms with E-state index < -0.39 is 30.0 Å². The minimum absolute atomic E-state index is 0.143. The Bertz CT molecular complexity index is 1030. The molecule has 3 aromatic rings. The van der Waals surface area contributed by atoms with Gasteiger partial charge in [0.25, 0.3) is 28.1 Å². The van der Waals surface area contributed by atoms with Crippen molar-refractivity contribution in [2.45, 2.75) is 31.7 Å². The number of pyridine rings is 1. The average Bonchev–Trinajstić information content (AvgIpc) is 3.23. The van der Waals surface area contributed by atoms with Crippen LogP contribution in [-0.4, -0.2) is 53.1 Å². The van der Waals surface area contributed by atoms with Gasteiger partial charge in [-0.25, -0.2) is 4.98 Å². The second-order valence-electron chi connectivity index (χ2n) is 6.15. The van der Waals surface area contributed by atoms with Crippen molar-refractivity contribution in [3.05, 3.63) is 35.5 Å². The average molecular weight is 412 g/mol. The van der Waals surface area contributed by atoms with Gasteiger partial charge in [-0.05, 0) is 28.7 Å². The summed E-state index contributed by atoms with van der Waals surface area (Å²) in [7, 11) is 0. The second kappa shape index (κ2) is 7.08. The zero-order chi connectivity index (χ0) is 20.7. The summed E-state index contributed by atoms with van der Waals surface area (Å²) < 4.78 is 46.6. The third-order valence-electron chi connectivity index (χ3n) is 4.37. The van der Waals surface area contributed by atoms with Crippen molar-refractivity contribution < 1.29 is 27.5 Å². The molecule has 1 amide bonds. The van der Waals surface area contributed by atoms with E-state index in [4.69, 9.17) is 10.2 Å². The van der Waals surface area contributed by atoms with Gasteiger partial charge in [-0.15, -0.1) is 5.10 Å². The van der Waals surface area contributed by atoms with Crippen LogP contribution in [0.5, 0.6) is 0 Å². The fraction of sp³-hybridized carbons (Fsp3) is 0.333. The number of hydrogen-bond acceptors (Lipinski definition) is 7. The number of carbonyl (C=O) groups excluding carboxylic acids is 1. The normalized spacial score (nSPS) is 14.2. The van der Waals surface area contributed by atoms with E-state index in [-0.39, 0.29) is 18.3 Å². The number of halogens is 3. The number of aliphatic hydroxyl groups is 1. The van der Waals surface area contributed by atoms with Gasteiger partial charge in [-0.2, -0.15) is 13.2 Å². The largest absolute Gasteiger partial charge is 0.426 e. The van der Waals surface area contributed by atoms with E-state index in [9.17, 15) is 23.1 Å². The van der Waals surface area contributed by atoms with Crippen LogP contribution in [0.1, 0.15) is 35.3 Å². The first-order valence-corrected chi connectivity index (χ1v) is 9.21. The molecule has 4 N–H and O–H groups in total. The molecule has 0 bridgehead atoms. The Morgan fingerprint density at radius 3 is 2.75 bits per heavy atom. The number of rotatable bonds is 6. The van der Waals surface area contributed by atoms with Crippen molar-refractivity contribution >= 4 is 38.4 Å². The molecule has 9 nitrogen and oxygen atoms in total. The Balaban J connectivity index is 1.78. The number of nitrogens with one attached hydrogen (secondary N) is 1. The maximum Gasteiger partial charge on any atom is 0.426 e. The Labute approximate surface area is 164 Å². The van der Waals surface area contributed by atoms with E-state index in [1.807, 2.05) is 0 Å². The first kappa shape index (κ1) is 20.1. The summed E-state index contributed by atoms with van der Waals surface area (Å²) in [5, 5.41) is 19.3. The van der Waals surface area contributed by atoms with Crippen molar-refractivity contribution in [2.75, 3.05) is 5.32 Å². The van der Waals surface area contributed by atoms with Crippen LogP contribution < -0.4 is 15.6 Å². The number of anilines is 1. The number of primary amides is 1. The molecule has 0 saturated carbocycles. The van der Waals surface area contributed by atoms with E-state index in [2.05, 4.69) is 20.5 Å². The molecule has 0 aliphatic heterocycles. The quantitative estimate of drug-likeness (QED) is 0.480. The fourth-order valence-electron chi connectivity index (χ4n) is 2.67. The molecule has 148 valence electrons. The van der Waals surface area contributed by atoms with E-state index >= 15 is 0 Å². The molecule has 0 aliphatic rings. The molecule has 0 radical (unpaired) electrons. The molecule has 28 heavy (non-hydrogen) atoms. The molecule has 1 atom stereocenters. The van der Waals surface area contributed by atoms with Crippen LogP contribution in [0.15, 0.2) is 22.7 Å². The number of aromatic nitrogens is 4. The van der Waals surface area contributed by atoms with E-state index in [1.54, 1.807) is 22.7 Å². The Morgan fingerprint density at radius 2 is 2.14 bits per heavy atom. The molecule has 0 saturated heterocycles. The highest BCUT2D eigenvalue weighted by molar-refractivity contribution is 6.35. The predicted molar refractivity (Wildman–Crippen MR) is 93.8 cm³/mol. The maximum atomic E-state index is 13.1. The van der Waals surface area contributed by atoms with Gasteiger partial charge >= 0.3 is 12.2 Å². The van der Waals surface area contributed by atoms with E-state index in [0.717, 1.165) is 11.5 Å². The van der Waals surface area contributed by atoms with E-state index in [0.29, 0.717) is 27.5 Å². The van der Waals surface area contributed by atoms with Crippen LogP contribution in [0.25, 0.3) is 5.65 Å². The van der Waals surface area contributed by atoms with Crippen LogP contribution in [0, 0.1) is 0 Å². The van der Waals surface area contributed by atoms with Crippen molar-refractivity contribution in [3.63, 3.8) is 0 Å². The number of hydrogen-bond donors (Lipinski definition) is 3. The van der Waals surface area contributed by atoms with Crippen molar-refractivity contribution in [2.24, 2.45) is 5.73 Å². The summed E-state index contributed by atoms with van der Waals surface area (Å²) in [5.74, 6) is -1.54. The van der Waals surface area contributed by atoms with Crippen LogP contribution in [0.3, 0.4) is 0 Å². The first-order chi connectivity index (χ1) is 13.1. The number of imidazole rings is 1. The van der Waals surface area contributed by atoms with Crippen LogP contribution in [-0.2, 0) is 12.1 Å². The summed E-state index contributed by atoms with van der Waals surface area (Å²) in [6.45, 7) is 1.31. The molecule has 3 aromatic heterocycles. The van der Waals surface area contributed by atoms with Crippen LogP contribution in [0.2, 0.25) is 0 Å². The molecule has 0 fully saturated rings. The van der Waals surface area contributed by atoms with Gasteiger partial charge in [0.1, 0.15) is 11.3 Å². The summed E-state index contributed by atoms with van der Waals surface area (Å²) in [4.78, 5) is 15.6. The Hall–Kier alpha value is -2.62.